The minimum Gasteiger partial charge on any atom is -0.415 e. The normalized spacial score (nSPS) is 9.81. The Morgan fingerprint density at radius 2 is 2.31 bits per heavy atom. The van der Waals surface area contributed by atoms with Gasteiger partial charge in [-0.25, -0.2) is 9.37 Å². The van der Waals surface area contributed by atoms with Crippen LogP contribution in [0.15, 0.2) is 18.5 Å². The average Bonchev–Trinajstić information content (AvgIpc) is 2.72. The topological polar surface area (TPSA) is 58.8 Å². The number of aromatic nitrogens is 2. The minimum atomic E-state index is -0.459. The van der Waals surface area contributed by atoms with Crippen LogP contribution in [0.3, 0.4) is 0 Å². The van der Waals surface area contributed by atoms with E-state index in [1.54, 1.807) is 0 Å². The largest absolute Gasteiger partial charge is 0.415 e. The number of rotatable bonds is 2. The van der Waals surface area contributed by atoms with Crippen molar-refractivity contribution in [3.8, 4) is 21.7 Å². The summed E-state index contributed by atoms with van der Waals surface area (Å²) in [7, 11) is 0. The van der Waals surface area contributed by atoms with E-state index >= 15 is 0 Å². The number of nitriles is 1. The Balaban J connectivity index is 2.49. The molecule has 0 saturated heterocycles. The monoisotopic (exact) mass is 253 g/mol. The molecule has 0 radical (unpaired) electrons. The first kappa shape index (κ1) is 10.9. The van der Waals surface area contributed by atoms with E-state index in [2.05, 4.69) is 27.1 Å². The summed E-state index contributed by atoms with van der Waals surface area (Å²) in [5.41, 5.74) is 0.623. The number of pyridine rings is 1. The molecular formula is C9H4FN3OS2. The lowest BCUT2D eigenvalue weighted by Crippen LogP contribution is -1.82. The molecule has 0 amide bonds. The van der Waals surface area contributed by atoms with Crippen LogP contribution in [0.5, 0.6) is 5.06 Å². The van der Waals surface area contributed by atoms with E-state index in [1.807, 2.05) is 6.07 Å². The third-order valence-electron chi connectivity index (χ3n) is 1.74. The number of thiol groups is 1. The molecule has 0 saturated carbocycles. The maximum atomic E-state index is 12.9. The molecule has 0 N–H and O–H groups in total. The van der Waals surface area contributed by atoms with Gasteiger partial charge in [0.15, 0.2) is 5.69 Å². The van der Waals surface area contributed by atoms with Crippen molar-refractivity contribution in [2.24, 2.45) is 0 Å². The third-order valence-corrected chi connectivity index (χ3v) is 3.03. The molecule has 4 nitrogen and oxygen atoms in total. The molecule has 0 bridgehead atoms. The summed E-state index contributed by atoms with van der Waals surface area (Å²) in [6.45, 7) is 0. The maximum Gasteiger partial charge on any atom is 0.229 e. The second-order valence-corrected chi connectivity index (χ2v) is 3.89. The fraction of sp³-hybridized carbons (Fsp3) is 0. The number of hydrogen-bond acceptors (Lipinski definition) is 6. The molecule has 0 aliphatic rings. The molecule has 16 heavy (non-hydrogen) atoms. The number of halogens is 1. The number of hydrogen-bond donors (Lipinski definition) is 1. The molecule has 7 heteroatoms. The number of nitrogens with zero attached hydrogens (tertiary/aromatic N) is 3. The zero-order chi connectivity index (χ0) is 11.5. The van der Waals surface area contributed by atoms with E-state index in [4.69, 9.17) is 5.26 Å². The van der Waals surface area contributed by atoms with Gasteiger partial charge in [0.2, 0.25) is 5.06 Å². The zero-order valence-corrected chi connectivity index (χ0v) is 9.43. The first-order valence-electron chi connectivity index (χ1n) is 4.08. The van der Waals surface area contributed by atoms with Crippen LogP contribution in [0.2, 0.25) is 0 Å². The smallest absolute Gasteiger partial charge is 0.229 e. The first-order valence-corrected chi connectivity index (χ1v) is 5.26. The van der Waals surface area contributed by atoms with Crippen molar-refractivity contribution in [3.63, 3.8) is 0 Å². The molecular weight excluding hydrogens is 249 g/mol. The van der Waals surface area contributed by atoms with Crippen molar-refractivity contribution in [1.29, 1.82) is 5.26 Å². The molecule has 2 heterocycles. The van der Waals surface area contributed by atoms with Gasteiger partial charge in [-0.15, -0.1) is 0 Å². The highest BCUT2D eigenvalue weighted by atomic mass is 32.1. The summed E-state index contributed by atoms with van der Waals surface area (Å²) in [5.74, 6) is -0.459. The summed E-state index contributed by atoms with van der Waals surface area (Å²) in [6.07, 6.45) is 2.56. The van der Waals surface area contributed by atoms with E-state index in [-0.39, 0.29) is 10.8 Å². The first-order chi connectivity index (χ1) is 7.74. The van der Waals surface area contributed by atoms with E-state index in [1.165, 1.54) is 12.3 Å². The molecule has 0 aromatic carbocycles. The predicted octanol–water partition coefficient (Wildman–Crippen LogP) is 2.44. The Bertz CT molecular complexity index is 564. The van der Waals surface area contributed by atoms with Crippen LogP contribution in [0.1, 0.15) is 5.69 Å². The standard InChI is InChI=1S/C9H4FN3OS2/c10-6-1-5(3-12-4-6)8-13-7(2-11)9(14-15)16-8/h1,3-4,15H. The van der Waals surface area contributed by atoms with E-state index in [0.717, 1.165) is 17.5 Å². The van der Waals surface area contributed by atoms with Crippen molar-refractivity contribution >= 4 is 24.2 Å². The van der Waals surface area contributed by atoms with Crippen LogP contribution in [0.4, 0.5) is 4.39 Å². The van der Waals surface area contributed by atoms with Crippen molar-refractivity contribution in [1.82, 2.24) is 9.97 Å². The summed E-state index contributed by atoms with van der Waals surface area (Å²) in [4.78, 5) is 7.69. The lowest BCUT2D eigenvalue weighted by atomic mass is 10.3. The molecule has 0 aliphatic heterocycles. The quantitative estimate of drug-likeness (QED) is 0.659. The average molecular weight is 253 g/mol. The van der Waals surface area contributed by atoms with Gasteiger partial charge in [-0.1, -0.05) is 11.3 Å². The van der Waals surface area contributed by atoms with Crippen LogP contribution in [-0.4, -0.2) is 9.97 Å². The fourth-order valence-electron chi connectivity index (χ4n) is 1.09. The second-order valence-electron chi connectivity index (χ2n) is 2.75. The van der Waals surface area contributed by atoms with Crippen LogP contribution in [0.25, 0.3) is 10.6 Å². The van der Waals surface area contributed by atoms with Gasteiger partial charge in [0.05, 0.1) is 6.20 Å². The minimum absolute atomic E-state index is 0.124. The highest BCUT2D eigenvalue weighted by Crippen LogP contribution is 2.33. The molecule has 0 fully saturated rings. The highest BCUT2D eigenvalue weighted by Gasteiger charge is 2.13. The van der Waals surface area contributed by atoms with Crippen molar-refractivity contribution in [2.75, 3.05) is 0 Å². The Labute approximate surface area is 100.0 Å². The lowest BCUT2D eigenvalue weighted by molar-refractivity contribution is 0.622. The van der Waals surface area contributed by atoms with Gasteiger partial charge >= 0.3 is 0 Å². The van der Waals surface area contributed by atoms with Gasteiger partial charge in [0.25, 0.3) is 0 Å². The third kappa shape index (κ3) is 1.98. The molecule has 0 aliphatic carbocycles. The Hall–Kier alpha value is -1.65. The van der Waals surface area contributed by atoms with Crippen molar-refractivity contribution in [3.05, 3.63) is 30.0 Å². The summed E-state index contributed by atoms with van der Waals surface area (Å²) >= 11 is 4.72. The van der Waals surface area contributed by atoms with Crippen LogP contribution in [0, 0.1) is 17.1 Å². The highest BCUT2D eigenvalue weighted by molar-refractivity contribution is 7.75. The Morgan fingerprint density at radius 1 is 1.50 bits per heavy atom. The van der Waals surface area contributed by atoms with E-state index < -0.39 is 5.82 Å². The lowest BCUT2D eigenvalue weighted by Gasteiger charge is -1.93. The molecule has 0 atom stereocenters. The van der Waals surface area contributed by atoms with Crippen LogP contribution in [-0.2, 0) is 0 Å². The molecule has 0 spiro atoms. The van der Waals surface area contributed by atoms with Crippen LogP contribution < -0.4 is 4.18 Å². The molecule has 2 rings (SSSR count). The predicted molar refractivity (Wildman–Crippen MR) is 59.6 cm³/mol. The second kappa shape index (κ2) is 4.47. The summed E-state index contributed by atoms with van der Waals surface area (Å²) in [6, 6.07) is 3.15. The van der Waals surface area contributed by atoms with E-state index in [0.29, 0.717) is 10.6 Å². The number of thiazole rings is 1. The Kier molecular flexibility index (Phi) is 3.03. The fourth-order valence-corrected chi connectivity index (χ4v) is 2.06. The van der Waals surface area contributed by atoms with Gasteiger partial charge in [-0.2, -0.15) is 5.26 Å². The maximum absolute atomic E-state index is 12.9. The molecule has 2 aromatic heterocycles. The summed E-state index contributed by atoms with van der Waals surface area (Å²) < 4.78 is 17.6. The SMILES string of the molecule is N#Cc1nc(-c2cncc(F)c2)sc1OS. The zero-order valence-electron chi connectivity index (χ0n) is 7.72. The van der Waals surface area contributed by atoms with Crippen molar-refractivity contribution in [2.45, 2.75) is 0 Å². The van der Waals surface area contributed by atoms with E-state index in [9.17, 15) is 4.39 Å². The molecule has 0 unspecified atom stereocenters. The van der Waals surface area contributed by atoms with Gasteiger partial charge in [-0.05, 0) is 6.07 Å². The van der Waals surface area contributed by atoms with Gasteiger partial charge in [0, 0.05) is 24.7 Å². The van der Waals surface area contributed by atoms with Gasteiger partial charge in [0.1, 0.15) is 16.9 Å². The van der Waals surface area contributed by atoms with Crippen molar-refractivity contribution < 1.29 is 8.57 Å². The molecule has 2 aromatic rings. The molecule has 80 valence electrons. The van der Waals surface area contributed by atoms with Gasteiger partial charge < -0.3 is 4.18 Å². The van der Waals surface area contributed by atoms with Crippen LogP contribution >= 0.6 is 24.2 Å². The Morgan fingerprint density at radius 3 is 2.88 bits per heavy atom. The summed E-state index contributed by atoms with van der Waals surface area (Å²) in [5, 5.41) is 9.50. The van der Waals surface area contributed by atoms with Gasteiger partial charge in [-0.3, -0.25) is 4.98 Å².